The number of rotatable bonds is 4. The third-order valence-corrected chi connectivity index (χ3v) is 3.35. The van der Waals surface area contributed by atoms with Gasteiger partial charge in [0, 0.05) is 19.6 Å². The standard InChI is InChI=1S/C13H24O3/c1-7-16-11-9(2)10(14-5)8-13(3,4)12(11)15-6/h10,12H,7-8H2,1-6H3. The number of hydrogen-bond donors (Lipinski definition) is 0. The maximum atomic E-state index is 5.74. The normalized spacial score (nSPS) is 29.4. The lowest BCUT2D eigenvalue weighted by atomic mass is 9.73. The average Bonchev–Trinajstić information content (AvgIpc) is 2.23. The summed E-state index contributed by atoms with van der Waals surface area (Å²) in [5.74, 6) is 0.952. The molecule has 0 radical (unpaired) electrons. The van der Waals surface area contributed by atoms with Gasteiger partial charge in [-0.2, -0.15) is 0 Å². The van der Waals surface area contributed by atoms with Crippen molar-refractivity contribution in [3.63, 3.8) is 0 Å². The minimum Gasteiger partial charge on any atom is -0.495 e. The molecule has 0 aromatic heterocycles. The lowest BCUT2D eigenvalue weighted by molar-refractivity contribution is -0.0525. The molecule has 1 aliphatic carbocycles. The molecule has 2 unspecified atom stereocenters. The van der Waals surface area contributed by atoms with Crippen LogP contribution in [0.3, 0.4) is 0 Å². The van der Waals surface area contributed by atoms with Gasteiger partial charge in [-0.15, -0.1) is 0 Å². The molecule has 3 heteroatoms. The van der Waals surface area contributed by atoms with Crippen molar-refractivity contribution < 1.29 is 14.2 Å². The van der Waals surface area contributed by atoms with E-state index in [1.807, 2.05) is 6.92 Å². The van der Waals surface area contributed by atoms with Gasteiger partial charge in [-0.1, -0.05) is 13.8 Å². The molecule has 16 heavy (non-hydrogen) atoms. The molecular formula is C13H24O3. The summed E-state index contributed by atoms with van der Waals surface area (Å²) in [7, 11) is 3.49. The highest BCUT2D eigenvalue weighted by atomic mass is 16.5. The van der Waals surface area contributed by atoms with Crippen molar-refractivity contribution in [2.75, 3.05) is 20.8 Å². The second-order valence-corrected chi connectivity index (χ2v) is 5.01. The van der Waals surface area contributed by atoms with Crippen molar-refractivity contribution in [2.45, 2.75) is 46.3 Å². The monoisotopic (exact) mass is 228 g/mol. The predicted molar refractivity (Wildman–Crippen MR) is 64.3 cm³/mol. The number of hydrogen-bond acceptors (Lipinski definition) is 3. The van der Waals surface area contributed by atoms with Gasteiger partial charge < -0.3 is 14.2 Å². The fourth-order valence-electron chi connectivity index (χ4n) is 2.49. The average molecular weight is 228 g/mol. The van der Waals surface area contributed by atoms with E-state index in [0.29, 0.717) is 6.61 Å². The van der Waals surface area contributed by atoms with E-state index in [1.165, 1.54) is 0 Å². The first-order valence-corrected chi connectivity index (χ1v) is 5.87. The molecule has 0 saturated carbocycles. The van der Waals surface area contributed by atoms with Crippen molar-refractivity contribution in [3.05, 3.63) is 11.3 Å². The van der Waals surface area contributed by atoms with Gasteiger partial charge in [0.15, 0.2) is 0 Å². The van der Waals surface area contributed by atoms with Crippen LogP contribution in [0.2, 0.25) is 0 Å². The lowest BCUT2D eigenvalue weighted by Crippen LogP contribution is -2.43. The first kappa shape index (κ1) is 13.5. The Hall–Kier alpha value is -0.540. The van der Waals surface area contributed by atoms with E-state index in [4.69, 9.17) is 14.2 Å². The molecule has 1 aliphatic rings. The summed E-state index contributed by atoms with van der Waals surface area (Å²) in [5.41, 5.74) is 1.20. The zero-order valence-corrected chi connectivity index (χ0v) is 11.3. The van der Waals surface area contributed by atoms with E-state index in [0.717, 1.165) is 17.8 Å². The van der Waals surface area contributed by atoms with Crippen LogP contribution in [0.1, 0.15) is 34.1 Å². The molecule has 0 spiro atoms. The Morgan fingerprint density at radius 2 is 1.88 bits per heavy atom. The Kier molecular flexibility index (Phi) is 4.39. The molecule has 0 bridgehead atoms. The zero-order valence-electron chi connectivity index (χ0n) is 11.3. The van der Waals surface area contributed by atoms with Crippen molar-refractivity contribution in [1.82, 2.24) is 0 Å². The number of ether oxygens (including phenoxy) is 3. The van der Waals surface area contributed by atoms with E-state index in [-0.39, 0.29) is 17.6 Å². The van der Waals surface area contributed by atoms with Crippen LogP contribution in [0.5, 0.6) is 0 Å². The van der Waals surface area contributed by atoms with Crippen molar-refractivity contribution >= 4 is 0 Å². The summed E-state index contributed by atoms with van der Waals surface area (Å²) >= 11 is 0. The van der Waals surface area contributed by atoms with Gasteiger partial charge in [-0.3, -0.25) is 0 Å². The topological polar surface area (TPSA) is 27.7 Å². The highest BCUT2D eigenvalue weighted by molar-refractivity contribution is 5.23. The Bertz CT molecular complexity index is 268. The van der Waals surface area contributed by atoms with Crippen LogP contribution in [-0.4, -0.2) is 33.0 Å². The quantitative estimate of drug-likeness (QED) is 0.740. The first-order valence-electron chi connectivity index (χ1n) is 5.87. The molecule has 0 aromatic rings. The summed E-state index contributed by atoms with van der Waals surface area (Å²) in [6, 6.07) is 0. The molecule has 0 amide bonds. The van der Waals surface area contributed by atoms with Gasteiger partial charge in [0.1, 0.15) is 11.9 Å². The SMILES string of the molecule is CCOC1=C(C)C(OC)CC(C)(C)C1OC. The van der Waals surface area contributed by atoms with Crippen LogP contribution in [0, 0.1) is 5.41 Å². The molecule has 0 fully saturated rings. The van der Waals surface area contributed by atoms with Gasteiger partial charge in [0.2, 0.25) is 0 Å². The smallest absolute Gasteiger partial charge is 0.127 e. The van der Waals surface area contributed by atoms with Gasteiger partial charge in [-0.25, -0.2) is 0 Å². The maximum Gasteiger partial charge on any atom is 0.127 e. The lowest BCUT2D eigenvalue weighted by Gasteiger charge is -2.42. The summed E-state index contributed by atoms with van der Waals surface area (Å²) < 4.78 is 16.9. The van der Waals surface area contributed by atoms with E-state index >= 15 is 0 Å². The van der Waals surface area contributed by atoms with Gasteiger partial charge in [0.25, 0.3) is 0 Å². The molecule has 94 valence electrons. The predicted octanol–water partition coefficient (Wildman–Crippen LogP) is 2.76. The third kappa shape index (κ3) is 2.41. The minimum atomic E-state index is 0.0267. The van der Waals surface area contributed by atoms with Gasteiger partial charge >= 0.3 is 0 Å². The highest BCUT2D eigenvalue weighted by Gasteiger charge is 2.42. The third-order valence-electron chi connectivity index (χ3n) is 3.35. The molecule has 1 rings (SSSR count). The van der Waals surface area contributed by atoms with Crippen LogP contribution < -0.4 is 0 Å². The Morgan fingerprint density at radius 3 is 2.31 bits per heavy atom. The Labute approximate surface area is 98.8 Å². The van der Waals surface area contributed by atoms with Crippen LogP contribution in [0.25, 0.3) is 0 Å². The highest BCUT2D eigenvalue weighted by Crippen LogP contribution is 2.41. The van der Waals surface area contributed by atoms with Crippen LogP contribution >= 0.6 is 0 Å². The first-order chi connectivity index (χ1) is 7.47. The van der Waals surface area contributed by atoms with E-state index in [9.17, 15) is 0 Å². The fourth-order valence-corrected chi connectivity index (χ4v) is 2.49. The van der Waals surface area contributed by atoms with Crippen molar-refractivity contribution in [1.29, 1.82) is 0 Å². The van der Waals surface area contributed by atoms with Crippen molar-refractivity contribution in [3.8, 4) is 0 Å². The molecule has 2 atom stereocenters. The molecule has 3 nitrogen and oxygen atoms in total. The maximum absolute atomic E-state index is 5.74. The molecule has 0 heterocycles. The Morgan fingerprint density at radius 1 is 1.25 bits per heavy atom. The van der Waals surface area contributed by atoms with E-state index in [1.54, 1.807) is 14.2 Å². The molecule has 0 saturated heterocycles. The molecule has 0 aromatic carbocycles. The van der Waals surface area contributed by atoms with E-state index in [2.05, 4.69) is 20.8 Å². The summed E-state index contributed by atoms with van der Waals surface area (Å²) in [4.78, 5) is 0. The van der Waals surface area contributed by atoms with Crippen molar-refractivity contribution in [2.24, 2.45) is 5.41 Å². The van der Waals surface area contributed by atoms with Crippen LogP contribution in [0.15, 0.2) is 11.3 Å². The number of methoxy groups -OCH3 is 2. The van der Waals surface area contributed by atoms with Crippen LogP contribution in [0.4, 0.5) is 0 Å². The zero-order chi connectivity index (χ0) is 12.3. The molecule has 0 aliphatic heterocycles. The summed E-state index contributed by atoms with van der Waals surface area (Å²) in [6.07, 6.45) is 1.13. The summed E-state index contributed by atoms with van der Waals surface area (Å²) in [5, 5.41) is 0. The fraction of sp³-hybridized carbons (Fsp3) is 0.846. The second-order valence-electron chi connectivity index (χ2n) is 5.01. The van der Waals surface area contributed by atoms with Crippen LogP contribution in [-0.2, 0) is 14.2 Å². The molecule has 0 N–H and O–H groups in total. The Balaban J connectivity index is 3.09. The minimum absolute atomic E-state index is 0.0267. The molecular weight excluding hydrogens is 204 g/mol. The largest absolute Gasteiger partial charge is 0.495 e. The van der Waals surface area contributed by atoms with Gasteiger partial charge in [0.05, 0.1) is 12.7 Å². The second kappa shape index (κ2) is 5.19. The van der Waals surface area contributed by atoms with E-state index < -0.39 is 0 Å². The summed E-state index contributed by atoms with van der Waals surface area (Å²) in [6.45, 7) is 9.12. The van der Waals surface area contributed by atoms with Gasteiger partial charge in [-0.05, 0) is 25.8 Å².